The maximum absolute atomic E-state index is 12.2. The molecule has 4 amide bonds. The predicted molar refractivity (Wildman–Crippen MR) is 87.4 cm³/mol. The third kappa shape index (κ3) is 4.18. The van der Waals surface area contributed by atoms with Crippen LogP contribution in [0.1, 0.15) is 20.7 Å². The number of halogens is 1. The number of benzene rings is 1. The number of carbonyl (C=O) groups excluding carboxylic acids is 4. The molecule has 0 spiro atoms. The van der Waals surface area contributed by atoms with Gasteiger partial charge in [-0.05, 0) is 18.2 Å². The van der Waals surface area contributed by atoms with Crippen molar-refractivity contribution < 1.29 is 23.9 Å². The Balaban J connectivity index is 1.84. The summed E-state index contributed by atoms with van der Waals surface area (Å²) in [6, 6.07) is 4.76. The lowest BCUT2D eigenvalue weighted by molar-refractivity contribution is -0.125. The first kappa shape index (κ1) is 18.1. The second-order valence-electron chi connectivity index (χ2n) is 5.02. The maximum Gasteiger partial charge on any atom is 0.262 e. The summed E-state index contributed by atoms with van der Waals surface area (Å²) in [6.07, 6.45) is 0. The van der Waals surface area contributed by atoms with Crippen LogP contribution in [0.2, 0.25) is 0 Å². The van der Waals surface area contributed by atoms with Crippen LogP contribution in [0.25, 0.3) is 0 Å². The number of fused-ring (bicyclic) bond motifs is 1. The van der Waals surface area contributed by atoms with Gasteiger partial charge in [0, 0.05) is 24.7 Å². The van der Waals surface area contributed by atoms with Crippen LogP contribution in [0.4, 0.5) is 0 Å². The van der Waals surface area contributed by atoms with E-state index in [1.807, 2.05) is 0 Å². The Labute approximate surface area is 146 Å². The predicted octanol–water partition coefficient (Wildman–Crippen LogP) is -0.0761. The van der Waals surface area contributed by atoms with E-state index in [0.29, 0.717) is 4.47 Å². The monoisotopic (exact) mass is 397 g/mol. The zero-order chi connectivity index (χ0) is 17.7. The van der Waals surface area contributed by atoms with E-state index < -0.39 is 17.7 Å². The molecule has 1 heterocycles. The molecule has 0 saturated carbocycles. The van der Waals surface area contributed by atoms with Gasteiger partial charge in [-0.25, -0.2) is 0 Å². The first-order valence-corrected chi connectivity index (χ1v) is 7.91. The highest BCUT2D eigenvalue weighted by atomic mass is 79.9. The fourth-order valence-corrected chi connectivity index (χ4v) is 2.55. The largest absolute Gasteiger partial charge is 0.375 e. The Morgan fingerprint density at radius 3 is 2.38 bits per heavy atom. The topological polar surface area (TPSA) is 105 Å². The van der Waals surface area contributed by atoms with Gasteiger partial charge in [0.1, 0.15) is 13.2 Å². The summed E-state index contributed by atoms with van der Waals surface area (Å²) in [5.74, 6) is -1.77. The van der Waals surface area contributed by atoms with Crippen LogP contribution < -0.4 is 10.6 Å². The summed E-state index contributed by atoms with van der Waals surface area (Å²) in [5, 5.41) is 5.08. The minimum Gasteiger partial charge on any atom is -0.375 e. The molecule has 2 rings (SSSR count). The van der Waals surface area contributed by atoms with E-state index in [9.17, 15) is 19.2 Å². The van der Waals surface area contributed by atoms with Crippen molar-refractivity contribution in [3.63, 3.8) is 0 Å². The van der Waals surface area contributed by atoms with E-state index in [4.69, 9.17) is 0 Å². The van der Waals surface area contributed by atoms with E-state index in [1.165, 1.54) is 7.11 Å². The summed E-state index contributed by atoms with van der Waals surface area (Å²) in [5.41, 5.74) is 0.553. The SMILES string of the molecule is COCC(=O)NCCNC(=O)CN1C(=O)c2ccc(Br)cc2C1=O. The number of nitrogens with one attached hydrogen (secondary N) is 2. The number of nitrogens with zero attached hydrogens (tertiary/aromatic N) is 1. The summed E-state index contributed by atoms with van der Waals surface area (Å²) < 4.78 is 5.33. The zero-order valence-electron chi connectivity index (χ0n) is 12.9. The lowest BCUT2D eigenvalue weighted by atomic mass is 10.1. The Hall–Kier alpha value is -2.26. The molecule has 9 heteroatoms. The number of imide groups is 1. The van der Waals surface area contributed by atoms with Gasteiger partial charge in [0.25, 0.3) is 11.8 Å². The fraction of sp³-hybridized carbons (Fsp3) is 0.333. The first-order chi connectivity index (χ1) is 11.4. The Morgan fingerprint density at radius 1 is 1.08 bits per heavy atom. The van der Waals surface area contributed by atoms with Crippen molar-refractivity contribution in [3.8, 4) is 0 Å². The molecule has 0 unspecified atom stereocenters. The number of carbonyl (C=O) groups is 4. The van der Waals surface area contributed by atoms with Gasteiger partial charge in [0.05, 0.1) is 11.1 Å². The van der Waals surface area contributed by atoms with E-state index in [1.54, 1.807) is 18.2 Å². The number of hydrogen-bond acceptors (Lipinski definition) is 5. The zero-order valence-corrected chi connectivity index (χ0v) is 14.5. The normalized spacial score (nSPS) is 13.0. The van der Waals surface area contributed by atoms with E-state index in [0.717, 1.165) is 4.90 Å². The smallest absolute Gasteiger partial charge is 0.262 e. The molecule has 0 fully saturated rings. The van der Waals surface area contributed by atoms with Crippen LogP contribution in [0.5, 0.6) is 0 Å². The highest BCUT2D eigenvalue weighted by Crippen LogP contribution is 2.25. The molecule has 0 aliphatic carbocycles. The van der Waals surface area contributed by atoms with Crippen molar-refractivity contribution in [2.45, 2.75) is 0 Å². The molecular weight excluding hydrogens is 382 g/mol. The van der Waals surface area contributed by atoms with Gasteiger partial charge in [0.15, 0.2) is 0 Å². The molecule has 8 nitrogen and oxygen atoms in total. The molecule has 1 aromatic carbocycles. The van der Waals surface area contributed by atoms with Crippen LogP contribution in [0, 0.1) is 0 Å². The third-order valence-corrected chi connectivity index (χ3v) is 3.77. The summed E-state index contributed by atoms with van der Waals surface area (Å²) in [4.78, 5) is 48.3. The van der Waals surface area contributed by atoms with Crippen LogP contribution in [-0.2, 0) is 14.3 Å². The van der Waals surface area contributed by atoms with Gasteiger partial charge in [-0.15, -0.1) is 0 Å². The molecule has 0 radical (unpaired) electrons. The molecule has 0 aromatic heterocycles. The first-order valence-electron chi connectivity index (χ1n) is 7.12. The Kier molecular flexibility index (Phi) is 6.04. The van der Waals surface area contributed by atoms with Gasteiger partial charge in [0.2, 0.25) is 11.8 Å². The van der Waals surface area contributed by atoms with Gasteiger partial charge < -0.3 is 15.4 Å². The lowest BCUT2D eigenvalue weighted by Crippen LogP contribution is -2.43. The van der Waals surface area contributed by atoms with Crippen LogP contribution in [0.15, 0.2) is 22.7 Å². The highest BCUT2D eigenvalue weighted by molar-refractivity contribution is 9.10. The Bertz CT molecular complexity index is 692. The summed E-state index contributed by atoms with van der Waals surface area (Å²) in [7, 11) is 1.40. The molecule has 0 atom stereocenters. The minimum atomic E-state index is -0.500. The van der Waals surface area contributed by atoms with Gasteiger partial charge in [-0.1, -0.05) is 15.9 Å². The molecule has 24 heavy (non-hydrogen) atoms. The lowest BCUT2D eigenvalue weighted by Gasteiger charge is -2.13. The van der Waals surface area contributed by atoms with E-state index >= 15 is 0 Å². The molecule has 1 aromatic rings. The van der Waals surface area contributed by atoms with Crippen LogP contribution in [0.3, 0.4) is 0 Å². The van der Waals surface area contributed by atoms with Crippen molar-refractivity contribution in [1.82, 2.24) is 15.5 Å². The Morgan fingerprint density at radius 2 is 1.71 bits per heavy atom. The minimum absolute atomic E-state index is 0.0570. The molecule has 128 valence electrons. The molecule has 0 bridgehead atoms. The standard InChI is InChI=1S/C15H16BrN3O5/c1-24-8-13(21)18-5-4-17-12(20)7-19-14(22)10-3-2-9(16)6-11(10)15(19)23/h2-3,6H,4-5,7-8H2,1H3,(H,17,20)(H,18,21). The second-order valence-corrected chi connectivity index (χ2v) is 5.93. The highest BCUT2D eigenvalue weighted by Gasteiger charge is 2.36. The number of ether oxygens (including phenoxy) is 1. The fourth-order valence-electron chi connectivity index (χ4n) is 2.19. The van der Waals surface area contributed by atoms with Crippen LogP contribution in [-0.4, -0.2) is 61.9 Å². The number of hydrogen-bond donors (Lipinski definition) is 2. The average molecular weight is 398 g/mol. The van der Waals surface area contributed by atoms with E-state index in [2.05, 4.69) is 31.3 Å². The second kappa shape index (κ2) is 8.02. The van der Waals surface area contributed by atoms with Crippen molar-refractivity contribution in [3.05, 3.63) is 33.8 Å². The summed E-state index contributed by atoms with van der Waals surface area (Å²) >= 11 is 3.24. The van der Waals surface area contributed by atoms with Crippen LogP contribution >= 0.6 is 15.9 Å². The molecule has 1 aliphatic rings. The third-order valence-electron chi connectivity index (χ3n) is 3.28. The number of amides is 4. The average Bonchev–Trinajstić information content (AvgIpc) is 2.76. The van der Waals surface area contributed by atoms with Gasteiger partial charge in [-0.2, -0.15) is 0 Å². The quantitative estimate of drug-likeness (QED) is 0.494. The summed E-state index contributed by atoms with van der Waals surface area (Å²) in [6.45, 7) is -0.0134. The van der Waals surface area contributed by atoms with Crippen molar-refractivity contribution in [1.29, 1.82) is 0 Å². The molecule has 0 saturated heterocycles. The molecule has 2 N–H and O–H groups in total. The number of rotatable bonds is 7. The number of methoxy groups -OCH3 is 1. The maximum atomic E-state index is 12.2. The van der Waals surface area contributed by atoms with Crippen molar-refractivity contribution >= 4 is 39.6 Å². The molecular formula is C15H16BrN3O5. The van der Waals surface area contributed by atoms with Gasteiger partial charge >= 0.3 is 0 Å². The van der Waals surface area contributed by atoms with Crippen molar-refractivity contribution in [2.75, 3.05) is 33.4 Å². The van der Waals surface area contributed by atoms with Crippen molar-refractivity contribution in [2.24, 2.45) is 0 Å². The van der Waals surface area contributed by atoms with Gasteiger partial charge in [-0.3, -0.25) is 24.1 Å². The van der Waals surface area contributed by atoms with E-state index in [-0.39, 0.29) is 43.3 Å². The molecule has 1 aliphatic heterocycles.